The molecule has 2 saturated heterocycles. The summed E-state index contributed by atoms with van der Waals surface area (Å²) >= 11 is 0. The Kier molecular flexibility index (Phi) is 3.71. The van der Waals surface area contributed by atoms with Crippen LogP contribution in [0.5, 0.6) is 0 Å². The third kappa shape index (κ3) is 2.69. The zero-order valence-electron chi connectivity index (χ0n) is 13.7. The number of rotatable bonds is 3. The fourth-order valence-electron chi connectivity index (χ4n) is 4.14. The van der Waals surface area contributed by atoms with Crippen molar-refractivity contribution < 1.29 is 4.79 Å². The van der Waals surface area contributed by atoms with Crippen molar-refractivity contribution >= 4 is 5.91 Å². The molecular formula is C17H24N4O2. The van der Waals surface area contributed by atoms with Crippen LogP contribution in [0.25, 0.3) is 0 Å². The van der Waals surface area contributed by atoms with Crippen LogP contribution < -0.4 is 5.56 Å². The number of hydrogen-bond donors (Lipinski definition) is 0. The third-order valence-electron chi connectivity index (χ3n) is 5.51. The standard InChI is InChI=1S/C17H24N4O2/c1-19-7-3-6-15(17(19)23)20-9-12(10-20)11-21-16(22)8-13-4-2-5-14(13)18-21/h8,12,15H,2-7,9-11H2,1H3. The highest BCUT2D eigenvalue weighted by atomic mass is 16.2. The Labute approximate surface area is 136 Å². The Hall–Kier alpha value is -1.69. The molecule has 0 saturated carbocycles. The first-order valence-electron chi connectivity index (χ1n) is 8.71. The van der Waals surface area contributed by atoms with Gasteiger partial charge >= 0.3 is 0 Å². The summed E-state index contributed by atoms with van der Waals surface area (Å²) in [6.07, 6.45) is 5.15. The largest absolute Gasteiger partial charge is 0.344 e. The van der Waals surface area contributed by atoms with Crippen molar-refractivity contribution in [3.63, 3.8) is 0 Å². The van der Waals surface area contributed by atoms with E-state index in [9.17, 15) is 9.59 Å². The van der Waals surface area contributed by atoms with Gasteiger partial charge in [-0.05, 0) is 37.7 Å². The maximum absolute atomic E-state index is 12.2. The molecule has 6 heteroatoms. The fraction of sp³-hybridized carbons (Fsp3) is 0.706. The van der Waals surface area contributed by atoms with Crippen LogP contribution in [0, 0.1) is 5.92 Å². The topological polar surface area (TPSA) is 58.4 Å². The van der Waals surface area contributed by atoms with E-state index in [1.54, 1.807) is 10.7 Å². The number of nitrogens with zero attached hydrogens (tertiary/aromatic N) is 4. The molecule has 1 aromatic heterocycles. The molecule has 124 valence electrons. The minimum atomic E-state index is 0.0255. The number of hydrogen-bond acceptors (Lipinski definition) is 4. The smallest absolute Gasteiger partial charge is 0.267 e. The molecule has 3 heterocycles. The van der Waals surface area contributed by atoms with Gasteiger partial charge in [0.1, 0.15) is 0 Å². The summed E-state index contributed by atoms with van der Waals surface area (Å²) in [6, 6.07) is 1.82. The van der Waals surface area contributed by atoms with Crippen molar-refractivity contribution in [1.82, 2.24) is 19.6 Å². The number of likely N-dealkylation sites (N-methyl/N-ethyl adjacent to an activating group) is 1. The van der Waals surface area contributed by atoms with Crippen LogP contribution in [-0.2, 0) is 24.2 Å². The second-order valence-corrected chi connectivity index (χ2v) is 7.23. The summed E-state index contributed by atoms with van der Waals surface area (Å²) in [5.74, 6) is 0.683. The Morgan fingerprint density at radius 1 is 1.22 bits per heavy atom. The van der Waals surface area contributed by atoms with Crippen molar-refractivity contribution in [3.8, 4) is 0 Å². The summed E-state index contributed by atoms with van der Waals surface area (Å²) in [5.41, 5.74) is 2.26. The molecule has 6 nitrogen and oxygen atoms in total. The second-order valence-electron chi connectivity index (χ2n) is 7.23. The molecule has 2 fully saturated rings. The van der Waals surface area contributed by atoms with Gasteiger partial charge in [0.05, 0.1) is 18.3 Å². The monoisotopic (exact) mass is 316 g/mol. The molecule has 0 spiro atoms. The quantitative estimate of drug-likeness (QED) is 0.804. The van der Waals surface area contributed by atoms with E-state index < -0.39 is 0 Å². The van der Waals surface area contributed by atoms with E-state index in [0.717, 1.165) is 63.0 Å². The van der Waals surface area contributed by atoms with Crippen molar-refractivity contribution in [2.75, 3.05) is 26.7 Å². The number of aryl methyl sites for hydroxylation is 2. The zero-order valence-corrected chi connectivity index (χ0v) is 13.7. The van der Waals surface area contributed by atoms with Gasteiger partial charge < -0.3 is 4.90 Å². The molecule has 0 N–H and O–H groups in total. The SMILES string of the molecule is CN1CCCC(N2CC(Cn3nc4c(cc3=O)CCC4)C2)C1=O. The average molecular weight is 316 g/mol. The van der Waals surface area contributed by atoms with Crippen molar-refractivity contribution in [2.45, 2.75) is 44.7 Å². The molecule has 3 aliphatic rings. The highest BCUT2D eigenvalue weighted by molar-refractivity contribution is 5.82. The van der Waals surface area contributed by atoms with E-state index in [1.165, 1.54) is 0 Å². The van der Waals surface area contributed by atoms with Crippen LogP contribution in [0.15, 0.2) is 10.9 Å². The van der Waals surface area contributed by atoms with E-state index in [4.69, 9.17) is 0 Å². The summed E-state index contributed by atoms with van der Waals surface area (Å²) in [4.78, 5) is 28.5. The minimum Gasteiger partial charge on any atom is -0.344 e. The van der Waals surface area contributed by atoms with Crippen molar-refractivity contribution in [1.29, 1.82) is 0 Å². The average Bonchev–Trinajstić information content (AvgIpc) is 2.93. The van der Waals surface area contributed by atoms with Crippen LogP contribution >= 0.6 is 0 Å². The molecule has 1 atom stereocenters. The molecule has 2 aliphatic heterocycles. The van der Waals surface area contributed by atoms with E-state index in [0.29, 0.717) is 12.5 Å². The molecule has 1 aromatic rings. The Balaban J connectivity index is 1.38. The number of carbonyl (C=O) groups excluding carboxylic acids is 1. The van der Waals surface area contributed by atoms with Gasteiger partial charge in [0.2, 0.25) is 5.91 Å². The van der Waals surface area contributed by atoms with Crippen LogP contribution in [0.1, 0.15) is 30.5 Å². The predicted octanol–water partition coefficient (Wildman–Crippen LogP) is 0.285. The lowest BCUT2D eigenvalue weighted by Gasteiger charge is -2.46. The van der Waals surface area contributed by atoms with Gasteiger partial charge in [-0.15, -0.1) is 0 Å². The summed E-state index contributed by atoms with van der Waals surface area (Å²) in [7, 11) is 1.89. The molecule has 1 amide bonds. The number of aromatic nitrogens is 2. The Morgan fingerprint density at radius 3 is 2.87 bits per heavy atom. The van der Waals surface area contributed by atoms with Gasteiger partial charge in [0.25, 0.3) is 5.56 Å². The number of fused-ring (bicyclic) bond motifs is 1. The molecule has 0 aromatic carbocycles. The summed E-state index contributed by atoms with van der Waals surface area (Å²) < 4.78 is 1.64. The predicted molar refractivity (Wildman–Crippen MR) is 86.2 cm³/mol. The van der Waals surface area contributed by atoms with Gasteiger partial charge in [0.15, 0.2) is 0 Å². The highest BCUT2D eigenvalue weighted by Gasteiger charge is 2.38. The van der Waals surface area contributed by atoms with Crippen molar-refractivity contribution in [3.05, 3.63) is 27.7 Å². The molecule has 0 bridgehead atoms. The minimum absolute atomic E-state index is 0.0255. The fourth-order valence-corrected chi connectivity index (χ4v) is 4.14. The molecule has 1 aliphatic carbocycles. The third-order valence-corrected chi connectivity index (χ3v) is 5.51. The molecule has 4 rings (SSSR count). The lowest BCUT2D eigenvalue weighted by Crippen LogP contribution is -2.60. The van der Waals surface area contributed by atoms with Gasteiger partial charge in [-0.1, -0.05) is 0 Å². The van der Waals surface area contributed by atoms with Crippen LogP contribution in [-0.4, -0.2) is 58.2 Å². The van der Waals surface area contributed by atoms with Gasteiger partial charge in [0, 0.05) is 38.7 Å². The van der Waals surface area contributed by atoms with Crippen LogP contribution in [0.2, 0.25) is 0 Å². The number of amides is 1. The summed E-state index contributed by atoms with van der Waals surface area (Å²) in [5, 5.41) is 4.55. The van der Waals surface area contributed by atoms with Gasteiger partial charge in [-0.25, -0.2) is 4.68 Å². The van der Waals surface area contributed by atoms with Crippen LogP contribution in [0.3, 0.4) is 0 Å². The number of likely N-dealkylation sites (tertiary alicyclic amines) is 2. The number of piperidine rings is 1. The first-order chi connectivity index (χ1) is 11.1. The maximum atomic E-state index is 12.2. The molecule has 0 radical (unpaired) electrons. The number of carbonyl (C=O) groups is 1. The highest BCUT2D eigenvalue weighted by Crippen LogP contribution is 2.26. The van der Waals surface area contributed by atoms with E-state index in [1.807, 2.05) is 11.9 Å². The lowest BCUT2D eigenvalue weighted by atomic mass is 9.93. The lowest BCUT2D eigenvalue weighted by molar-refractivity contribution is -0.142. The molecule has 1 unspecified atom stereocenters. The first-order valence-corrected chi connectivity index (χ1v) is 8.71. The Bertz CT molecular complexity index is 678. The van der Waals surface area contributed by atoms with Gasteiger partial charge in [-0.2, -0.15) is 5.10 Å². The van der Waals surface area contributed by atoms with Crippen LogP contribution in [0.4, 0.5) is 0 Å². The van der Waals surface area contributed by atoms with Gasteiger partial charge in [-0.3, -0.25) is 14.5 Å². The second kappa shape index (κ2) is 5.74. The normalized spacial score (nSPS) is 25.5. The Morgan fingerprint density at radius 2 is 2.04 bits per heavy atom. The van der Waals surface area contributed by atoms with E-state index in [-0.39, 0.29) is 17.5 Å². The van der Waals surface area contributed by atoms with E-state index in [2.05, 4.69) is 10.00 Å². The van der Waals surface area contributed by atoms with Crippen molar-refractivity contribution in [2.24, 2.45) is 5.92 Å². The molecular weight excluding hydrogens is 292 g/mol. The maximum Gasteiger partial charge on any atom is 0.267 e. The first kappa shape index (κ1) is 14.9. The zero-order chi connectivity index (χ0) is 16.0. The molecule has 23 heavy (non-hydrogen) atoms. The summed E-state index contributed by atoms with van der Waals surface area (Å²) in [6.45, 7) is 3.35. The van der Waals surface area contributed by atoms with E-state index >= 15 is 0 Å².